The molecule has 158 valence electrons. The quantitative estimate of drug-likeness (QED) is 0.686. The van der Waals surface area contributed by atoms with Gasteiger partial charge in [0, 0.05) is 11.8 Å². The first-order chi connectivity index (χ1) is 14.5. The highest BCUT2D eigenvalue weighted by molar-refractivity contribution is 6.03. The summed E-state index contributed by atoms with van der Waals surface area (Å²) in [6.45, 7) is 0.187. The molecule has 0 radical (unpaired) electrons. The molecule has 0 aromatic heterocycles. The summed E-state index contributed by atoms with van der Waals surface area (Å²) in [5.41, 5.74) is 0.441. The number of esters is 1. The fraction of sp³-hybridized carbons (Fsp3) is 0.250. The summed E-state index contributed by atoms with van der Waals surface area (Å²) in [5, 5.41) is 4.56. The van der Waals surface area contributed by atoms with Gasteiger partial charge in [-0.2, -0.15) is 0 Å². The van der Waals surface area contributed by atoms with E-state index < -0.39 is 24.5 Å². The van der Waals surface area contributed by atoms with E-state index in [0.717, 1.165) is 0 Å². The Morgan fingerprint density at radius 1 is 0.967 bits per heavy atom. The van der Waals surface area contributed by atoms with E-state index in [9.17, 15) is 14.4 Å². The summed E-state index contributed by atoms with van der Waals surface area (Å²) >= 11 is 0. The molecule has 0 fully saturated rings. The van der Waals surface area contributed by atoms with Gasteiger partial charge in [0.25, 0.3) is 5.91 Å². The summed E-state index contributed by atoms with van der Waals surface area (Å²) in [6.07, 6.45) is 0. The number of imide groups is 1. The Balaban J connectivity index is 1.53. The Bertz CT molecular complexity index is 938. The molecular formula is C20H20N2O8. The number of carbonyl (C=O) groups excluding carboxylic acids is 3. The van der Waals surface area contributed by atoms with Gasteiger partial charge in [-0.1, -0.05) is 6.07 Å². The number of anilines is 1. The van der Waals surface area contributed by atoms with Gasteiger partial charge in [0.1, 0.15) is 30.3 Å². The van der Waals surface area contributed by atoms with Crippen LogP contribution in [0.15, 0.2) is 36.4 Å². The van der Waals surface area contributed by atoms with Crippen molar-refractivity contribution in [3.05, 3.63) is 42.0 Å². The van der Waals surface area contributed by atoms with Crippen LogP contribution in [-0.4, -0.2) is 51.9 Å². The normalized spacial score (nSPS) is 11.8. The molecule has 0 spiro atoms. The molecule has 1 heterocycles. The van der Waals surface area contributed by atoms with Crippen molar-refractivity contribution >= 4 is 23.6 Å². The van der Waals surface area contributed by atoms with Crippen molar-refractivity contribution in [2.45, 2.75) is 0 Å². The smallest absolute Gasteiger partial charge is 0.346 e. The molecule has 0 unspecified atom stereocenters. The fourth-order valence-electron chi connectivity index (χ4n) is 2.70. The van der Waals surface area contributed by atoms with Crippen LogP contribution in [0.2, 0.25) is 0 Å². The number of fused-ring (bicyclic) bond motifs is 1. The topological polar surface area (TPSA) is 121 Å². The molecule has 3 amide bonds. The van der Waals surface area contributed by atoms with Gasteiger partial charge in [-0.05, 0) is 24.3 Å². The summed E-state index contributed by atoms with van der Waals surface area (Å²) in [6, 6.07) is 8.79. The highest BCUT2D eigenvalue weighted by Gasteiger charge is 2.21. The van der Waals surface area contributed by atoms with Crippen LogP contribution in [0.5, 0.6) is 23.0 Å². The molecule has 1 aliphatic heterocycles. The largest absolute Gasteiger partial charge is 0.496 e. The lowest BCUT2D eigenvalue weighted by Gasteiger charge is -2.19. The van der Waals surface area contributed by atoms with Crippen molar-refractivity contribution in [1.29, 1.82) is 0 Å². The Labute approximate surface area is 172 Å². The second-order valence-electron chi connectivity index (χ2n) is 5.97. The van der Waals surface area contributed by atoms with Crippen LogP contribution in [0.3, 0.4) is 0 Å². The molecule has 2 aromatic carbocycles. The number of amides is 3. The monoisotopic (exact) mass is 416 g/mol. The lowest BCUT2D eigenvalue weighted by atomic mass is 10.2. The minimum atomic E-state index is -0.827. The number of hydrogen-bond donors (Lipinski definition) is 2. The van der Waals surface area contributed by atoms with E-state index in [0.29, 0.717) is 30.4 Å². The minimum Gasteiger partial charge on any atom is -0.496 e. The van der Waals surface area contributed by atoms with Crippen molar-refractivity contribution in [2.75, 3.05) is 39.4 Å². The molecule has 0 aliphatic carbocycles. The Morgan fingerprint density at radius 3 is 2.30 bits per heavy atom. The third-order valence-electron chi connectivity index (χ3n) is 4.02. The number of carbonyl (C=O) groups is 3. The van der Waals surface area contributed by atoms with Gasteiger partial charge >= 0.3 is 12.0 Å². The van der Waals surface area contributed by atoms with Gasteiger partial charge < -0.3 is 29.0 Å². The second-order valence-corrected chi connectivity index (χ2v) is 5.97. The molecular weight excluding hydrogens is 396 g/mol. The van der Waals surface area contributed by atoms with Gasteiger partial charge in [-0.15, -0.1) is 0 Å². The maximum Gasteiger partial charge on any atom is 0.346 e. The Morgan fingerprint density at radius 2 is 1.63 bits per heavy atom. The van der Waals surface area contributed by atoms with Crippen molar-refractivity contribution in [3.8, 4) is 23.0 Å². The maximum absolute atomic E-state index is 12.3. The third-order valence-corrected chi connectivity index (χ3v) is 4.02. The van der Waals surface area contributed by atoms with E-state index in [-0.39, 0.29) is 17.1 Å². The highest BCUT2D eigenvalue weighted by Crippen LogP contribution is 2.32. The average Bonchev–Trinajstić information content (AvgIpc) is 2.76. The van der Waals surface area contributed by atoms with Crippen molar-refractivity contribution in [2.24, 2.45) is 0 Å². The Kier molecular flexibility index (Phi) is 6.58. The molecule has 0 saturated heterocycles. The maximum atomic E-state index is 12.3. The predicted octanol–water partition coefficient (Wildman–Crippen LogP) is 1.98. The van der Waals surface area contributed by atoms with Crippen LogP contribution >= 0.6 is 0 Å². The SMILES string of the molecule is COc1cccc(OC)c1C(=O)OCC(=O)NC(=O)Nc1ccc2c(c1)OCCO2. The summed E-state index contributed by atoms with van der Waals surface area (Å²) in [4.78, 5) is 36.3. The van der Waals surface area contributed by atoms with Gasteiger partial charge in [-0.25, -0.2) is 9.59 Å². The van der Waals surface area contributed by atoms with E-state index in [1.54, 1.807) is 36.4 Å². The van der Waals surface area contributed by atoms with Crippen LogP contribution in [0.25, 0.3) is 0 Å². The molecule has 2 aromatic rings. The van der Waals surface area contributed by atoms with Crippen molar-refractivity contribution in [1.82, 2.24) is 5.32 Å². The number of urea groups is 1. The number of nitrogens with one attached hydrogen (secondary N) is 2. The number of hydrogen-bond acceptors (Lipinski definition) is 8. The molecule has 30 heavy (non-hydrogen) atoms. The lowest BCUT2D eigenvalue weighted by Crippen LogP contribution is -2.37. The molecule has 0 saturated carbocycles. The van der Waals surface area contributed by atoms with Gasteiger partial charge in [0.15, 0.2) is 18.1 Å². The minimum absolute atomic E-state index is 0.0380. The van der Waals surface area contributed by atoms with Gasteiger partial charge in [0.2, 0.25) is 0 Å². The third kappa shape index (κ3) is 4.90. The van der Waals surface area contributed by atoms with Crippen LogP contribution in [0.1, 0.15) is 10.4 Å². The lowest BCUT2D eigenvalue weighted by molar-refractivity contribution is -0.123. The average molecular weight is 416 g/mol. The molecule has 2 N–H and O–H groups in total. The fourth-order valence-corrected chi connectivity index (χ4v) is 2.70. The number of rotatable bonds is 6. The molecule has 1 aliphatic rings. The zero-order chi connectivity index (χ0) is 21.5. The number of benzene rings is 2. The summed E-state index contributed by atoms with van der Waals surface area (Å²) in [7, 11) is 2.78. The van der Waals surface area contributed by atoms with Gasteiger partial charge in [-0.3, -0.25) is 10.1 Å². The predicted molar refractivity (Wildman–Crippen MR) is 104 cm³/mol. The van der Waals surface area contributed by atoms with Crippen LogP contribution in [0, 0.1) is 0 Å². The first-order valence-corrected chi connectivity index (χ1v) is 8.90. The van der Waals surface area contributed by atoms with Crippen molar-refractivity contribution in [3.63, 3.8) is 0 Å². The van der Waals surface area contributed by atoms with Crippen LogP contribution in [0.4, 0.5) is 10.5 Å². The molecule has 10 nitrogen and oxygen atoms in total. The summed E-state index contributed by atoms with van der Waals surface area (Å²) < 4.78 is 26.0. The van der Waals surface area contributed by atoms with E-state index in [1.807, 2.05) is 0 Å². The summed E-state index contributed by atoms with van der Waals surface area (Å²) in [5.74, 6) is -0.113. The van der Waals surface area contributed by atoms with E-state index in [2.05, 4.69) is 10.6 Å². The van der Waals surface area contributed by atoms with E-state index in [4.69, 9.17) is 23.7 Å². The van der Waals surface area contributed by atoms with Crippen LogP contribution < -0.4 is 29.6 Å². The van der Waals surface area contributed by atoms with Crippen LogP contribution in [-0.2, 0) is 9.53 Å². The molecule has 3 rings (SSSR count). The standard InChI is InChI=1S/C20H20N2O8/c1-26-14-4-3-5-15(27-2)18(14)19(24)30-11-17(23)22-20(25)21-12-6-7-13-16(10-12)29-9-8-28-13/h3-7,10H,8-9,11H2,1-2H3,(H2,21,22,23,25). The number of ether oxygens (including phenoxy) is 5. The number of methoxy groups -OCH3 is 2. The Hall–Kier alpha value is -3.95. The first-order valence-electron chi connectivity index (χ1n) is 8.90. The molecule has 0 bridgehead atoms. The first kappa shape index (κ1) is 20.8. The second kappa shape index (κ2) is 9.50. The van der Waals surface area contributed by atoms with E-state index >= 15 is 0 Å². The van der Waals surface area contributed by atoms with E-state index in [1.165, 1.54) is 14.2 Å². The van der Waals surface area contributed by atoms with Crippen molar-refractivity contribution < 1.29 is 38.1 Å². The zero-order valence-electron chi connectivity index (χ0n) is 16.4. The van der Waals surface area contributed by atoms with Gasteiger partial charge in [0.05, 0.1) is 14.2 Å². The zero-order valence-corrected chi connectivity index (χ0v) is 16.4. The highest BCUT2D eigenvalue weighted by atomic mass is 16.6. The molecule has 0 atom stereocenters. The molecule has 10 heteroatoms.